The van der Waals surface area contributed by atoms with E-state index in [1.807, 2.05) is 4.68 Å². The summed E-state index contributed by atoms with van der Waals surface area (Å²) in [5.41, 5.74) is 2.39. The third-order valence-electron chi connectivity index (χ3n) is 2.57. The van der Waals surface area contributed by atoms with Gasteiger partial charge < -0.3 is 0 Å². The Morgan fingerprint density at radius 2 is 2.54 bits per heavy atom. The minimum absolute atomic E-state index is 0.552. The molecule has 3 heteroatoms. The van der Waals surface area contributed by atoms with Crippen molar-refractivity contribution in [3.63, 3.8) is 0 Å². The standard InChI is InChI=1S/C10H13N3/c1-3-6-13-10-5-4-8(2)7-9(10)11-12-13/h1,8H,4-7H2,2H3. The Hall–Kier alpha value is -1.30. The molecular weight excluding hydrogens is 162 g/mol. The summed E-state index contributed by atoms with van der Waals surface area (Å²) in [5.74, 6) is 3.33. The summed E-state index contributed by atoms with van der Waals surface area (Å²) in [7, 11) is 0. The second-order valence-corrected chi connectivity index (χ2v) is 3.69. The summed E-state index contributed by atoms with van der Waals surface area (Å²) >= 11 is 0. The lowest BCUT2D eigenvalue weighted by atomic mass is 9.91. The van der Waals surface area contributed by atoms with E-state index in [0.717, 1.165) is 24.5 Å². The molecule has 1 heterocycles. The Bertz CT molecular complexity index is 346. The maximum Gasteiger partial charge on any atom is 0.103 e. The molecule has 13 heavy (non-hydrogen) atoms. The summed E-state index contributed by atoms with van der Waals surface area (Å²) in [4.78, 5) is 0. The number of nitrogens with zero attached hydrogens (tertiary/aromatic N) is 3. The predicted molar refractivity (Wildman–Crippen MR) is 50.0 cm³/mol. The third-order valence-corrected chi connectivity index (χ3v) is 2.57. The molecule has 3 nitrogen and oxygen atoms in total. The van der Waals surface area contributed by atoms with Crippen LogP contribution >= 0.6 is 0 Å². The van der Waals surface area contributed by atoms with E-state index >= 15 is 0 Å². The van der Waals surface area contributed by atoms with Crippen molar-refractivity contribution in [1.82, 2.24) is 15.0 Å². The number of hydrogen-bond donors (Lipinski definition) is 0. The van der Waals surface area contributed by atoms with Gasteiger partial charge in [-0.05, 0) is 25.2 Å². The van der Waals surface area contributed by atoms with Gasteiger partial charge in [-0.25, -0.2) is 4.68 Å². The maximum atomic E-state index is 5.24. The van der Waals surface area contributed by atoms with Gasteiger partial charge in [-0.1, -0.05) is 18.1 Å². The molecule has 0 fully saturated rings. The Kier molecular flexibility index (Phi) is 2.05. The summed E-state index contributed by atoms with van der Waals surface area (Å²) in [5, 5.41) is 8.19. The lowest BCUT2D eigenvalue weighted by molar-refractivity contribution is 0.481. The lowest BCUT2D eigenvalue weighted by Crippen LogP contribution is -2.14. The van der Waals surface area contributed by atoms with E-state index in [-0.39, 0.29) is 0 Å². The van der Waals surface area contributed by atoms with Gasteiger partial charge in [0.1, 0.15) is 6.54 Å². The highest BCUT2D eigenvalue weighted by molar-refractivity contribution is 5.15. The van der Waals surface area contributed by atoms with Crippen molar-refractivity contribution in [2.45, 2.75) is 32.7 Å². The SMILES string of the molecule is C#CCn1nnc2c1CCC(C)C2. The van der Waals surface area contributed by atoms with Crippen LogP contribution in [0.5, 0.6) is 0 Å². The molecule has 0 saturated carbocycles. The smallest absolute Gasteiger partial charge is 0.103 e. The monoisotopic (exact) mass is 175 g/mol. The molecular formula is C10H13N3. The first-order chi connectivity index (χ1) is 6.31. The van der Waals surface area contributed by atoms with Crippen molar-refractivity contribution >= 4 is 0 Å². The van der Waals surface area contributed by atoms with Crippen molar-refractivity contribution in [2.75, 3.05) is 0 Å². The van der Waals surface area contributed by atoms with Gasteiger partial charge in [0.2, 0.25) is 0 Å². The number of fused-ring (bicyclic) bond motifs is 1. The van der Waals surface area contributed by atoms with E-state index in [9.17, 15) is 0 Å². The zero-order valence-electron chi connectivity index (χ0n) is 7.82. The van der Waals surface area contributed by atoms with Gasteiger partial charge in [-0.2, -0.15) is 0 Å². The molecule has 0 bridgehead atoms. The summed E-state index contributed by atoms with van der Waals surface area (Å²) in [6.45, 7) is 2.81. The van der Waals surface area contributed by atoms with Crippen LogP contribution in [0.15, 0.2) is 0 Å². The van der Waals surface area contributed by atoms with Gasteiger partial charge in [-0.3, -0.25) is 0 Å². The van der Waals surface area contributed by atoms with Crippen molar-refractivity contribution < 1.29 is 0 Å². The molecule has 0 N–H and O–H groups in total. The Labute approximate surface area is 78.1 Å². The summed E-state index contributed by atoms with van der Waals surface area (Å²) in [6, 6.07) is 0. The van der Waals surface area contributed by atoms with Gasteiger partial charge in [-0.15, -0.1) is 11.5 Å². The molecule has 1 aliphatic rings. The second kappa shape index (κ2) is 3.21. The van der Waals surface area contributed by atoms with Crippen LogP contribution in [0.25, 0.3) is 0 Å². The molecule has 0 aromatic carbocycles. The van der Waals surface area contributed by atoms with Gasteiger partial charge in [0.25, 0.3) is 0 Å². The second-order valence-electron chi connectivity index (χ2n) is 3.69. The van der Waals surface area contributed by atoms with Crippen molar-refractivity contribution in [3.8, 4) is 12.3 Å². The molecule has 68 valence electrons. The zero-order chi connectivity index (χ0) is 9.26. The topological polar surface area (TPSA) is 30.7 Å². The molecule has 1 unspecified atom stereocenters. The van der Waals surface area contributed by atoms with E-state index in [4.69, 9.17) is 6.42 Å². The highest BCUT2D eigenvalue weighted by Crippen LogP contribution is 2.22. The fraction of sp³-hybridized carbons (Fsp3) is 0.600. The first-order valence-electron chi connectivity index (χ1n) is 4.66. The molecule has 0 amide bonds. The number of hydrogen-bond acceptors (Lipinski definition) is 2. The first kappa shape index (κ1) is 8.31. The van der Waals surface area contributed by atoms with E-state index in [1.165, 1.54) is 12.1 Å². The number of rotatable bonds is 1. The Morgan fingerprint density at radius 1 is 1.69 bits per heavy atom. The maximum absolute atomic E-state index is 5.24. The summed E-state index contributed by atoms with van der Waals surface area (Å²) < 4.78 is 1.85. The minimum atomic E-state index is 0.552. The molecule has 0 spiro atoms. The predicted octanol–water partition coefficient (Wildman–Crippen LogP) is 1.04. The normalized spacial score (nSPS) is 20.8. The number of aromatic nitrogens is 3. The molecule has 0 aliphatic heterocycles. The summed E-state index contributed by atoms with van der Waals surface area (Å²) in [6.07, 6.45) is 8.60. The van der Waals surface area contributed by atoms with Crippen LogP contribution < -0.4 is 0 Å². The molecule has 1 aromatic rings. The van der Waals surface area contributed by atoms with Crippen LogP contribution in [-0.2, 0) is 19.4 Å². The first-order valence-corrected chi connectivity index (χ1v) is 4.66. The molecule has 0 saturated heterocycles. The lowest BCUT2D eigenvalue weighted by Gasteiger charge is -2.16. The number of terminal acetylenes is 1. The minimum Gasteiger partial charge on any atom is -0.237 e. The van der Waals surface area contributed by atoms with Crippen LogP contribution in [0.3, 0.4) is 0 Å². The average Bonchev–Trinajstić information content (AvgIpc) is 2.49. The Balaban J connectivity index is 2.29. The fourth-order valence-electron chi connectivity index (χ4n) is 1.83. The van der Waals surface area contributed by atoms with E-state index in [0.29, 0.717) is 6.54 Å². The zero-order valence-corrected chi connectivity index (χ0v) is 7.82. The van der Waals surface area contributed by atoms with E-state index < -0.39 is 0 Å². The van der Waals surface area contributed by atoms with Crippen LogP contribution in [0.2, 0.25) is 0 Å². The van der Waals surface area contributed by atoms with Crippen molar-refractivity contribution in [2.24, 2.45) is 5.92 Å². The molecule has 2 rings (SSSR count). The molecule has 1 atom stereocenters. The van der Waals surface area contributed by atoms with E-state index in [2.05, 4.69) is 23.2 Å². The Morgan fingerprint density at radius 3 is 3.31 bits per heavy atom. The van der Waals surface area contributed by atoms with Gasteiger partial charge in [0, 0.05) is 0 Å². The largest absolute Gasteiger partial charge is 0.237 e. The van der Waals surface area contributed by atoms with Crippen molar-refractivity contribution in [3.05, 3.63) is 11.4 Å². The average molecular weight is 175 g/mol. The van der Waals surface area contributed by atoms with Gasteiger partial charge in [0.15, 0.2) is 0 Å². The fourth-order valence-corrected chi connectivity index (χ4v) is 1.83. The third kappa shape index (κ3) is 1.44. The van der Waals surface area contributed by atoms with Gasteiger partial charge >= 0.3 is 0 Å². The van der Waals surface area contributed by atoms with Crippen LogP contribution in [-0.4, -0.2) is 15.0 Å². The highest BCUT2D eigenvalue weighted by Gasteiger charge is 2.20. The van der Waals surface area contributed by atoms with Crippen molar-refractivity contribution in [1.29, 1.82) is 0 Å². The van der Waals surface area contributed by atoms with Gasteiger partial charge in [0.05, 0.1) is 11.4 Å². The van der Waals surface area contributed by atoms with Crippen LogP contribution in [0, 0.1) is 18.3 Å². The van der Waals surface area contributed by atoms with Crippen LogP contribution in [0.4, 0.5) is 0 Å². The van der Waals surface area contributed by atoms with Crippen LogP contribution in [0.1, 0.15) is 24.7 Å². The molecule has 0 radical (unpaired) electrons. The highest BCUT2D eigenvalue weighted by atomic mass is 15.4. The quantitative estimate of drug-likeness (QED) is 0.597. The molecule has 1 aliphatic carbocycles. The van der Waals surface area contributed by atoms with E-state index in [1.54, 1.807) is 0 Å². The molecule has 1 aromatic heterocycles.